The summed E-state index contributed by atoms with van der Waals surface area (Å²) in [6.45, 7) is 2.91. The molecule has 4 heteroatoms. The van der Waals surface area contributed by atoms with Crippen LogP contribution in [-0.2, 0) is 6.42 Å². The first-order valence-electron chi connectivity index (χ1n) is 6.67. The lowest BCUT2D eigenvalue weighted by molar-refractivity contribution is 0.614. The second-order valence-corrected chi connectivity index (χ2v) is 4.85. The van der Waals surface area contributed by atoms with Crippen molar-refractivity contribution in [1.82, 2.24) is 4.98 Å². The van der Waals surface area contributed by atoms with Crippen LogP contribution < -0.4 is 11.1 Å². The third-order valence-corrected chi connectivity index (χ3v) is 3.34. The fourth-order valence-corrected chi connectivity index (χ4v) is 2.21. The van der Waals surface area contributed by atoms with Crippen LogP contribution in [0.3, 0.4) is 0 Å². The molecule has 0 unspecified atom stereocenters. The molecule has 102 valence electrons. The van der Waals surface area contributed by atoms with Gasteiger partial charge in [-0.25, -0.2) is 0 Å². The van der Waals surface area contributed by atoms with E-state index in [0.29, 0.717) is 17.3 Å². The van der Waals surface area contributed by atoms with Crippen LogP contribution in [0.25, 0.3) is 11.1 Å². The number of rotatable bonds is 4. The summed E-state index contributed by atoms with van der Waals surface area (Å²) in [6.07, 6.45) is 0.938. The minimum atomic E-state index is 0.541. The quantitative estimate of drug-likeness (QED) is 0.711. The topological polar surface area (TPSA) is 64.1 Å². The van der Waals surface area contributed by atoms with Crippen molar-refractivity contribution in [3.8, 4) is 0 Å². The molecule has 4 nitrogen and oxygen atoms in total. The zero-order valence-corrected chi connectivity index (χ0v) is 11.4. The van der Waals surface area contributed by atoms with E-state index >= 15 is 0 Å². The molecule has 0 saturated carbocycles. The Morgan fingerprint density at radius 3 is 2.90 bits per heavy atom. The highest BCUT2D eigenvalue weighted by molar-refractivity contribution is 5.78. The number of nitrogen functional groups attached to an aromatic ring is 1. The monoisotopic (exact) mass is 267 g/mol. The molecule has 0 bridgehead atoms. The number of oxazole rings is 1. The summed E-state index contributed by atoms with van der Waals surface area (Å²) >= 11 is 0. The average Bonchev–Trinajstić information content (AvgIpc) is 2.83. The first-order chi connectivity index (χ1) is 9.72. The van der Waals surface area contributed by atoms with E-state index in [-0.39, 0.29) is 0 Å². The van der Waals surface area contributed by atoms with Crippen molar-refractivity contribution in [2.75, 3.05) is 17.6 Å². The molecule has 1 aromatic heterocycles. The summed E-state index contributed by atoms with van der Waals surface area (Å²) in [5.74, 6) is 0. The van der Waals surface area contributed by atoms with Crippen molar-refractivity contribution < 1.29 is 4.42 Å². The number of aromatic nitrogens is 1. The molecule has 20 heavy (non-hydrogen) atoms. The number of aryl methyl sites for hydroxylation is 1. The minimum absolute atomic E-state index is 0.541. The van der Waals surface area contributed by atoms with Gasteiger partial charge < -0.3 is 15.5 Å². The van der Waals surface area contributed by atoms with Gasteiger partial charge in [0, 0.05) is 18.3 Å². The summed E-state index contributed by atoms with van der Waals surface area (Å²) in [5, 5.41) is 3.21. The lowest BCUT2D eigenvalue weighted by Gasteiger charge is -2.05. The molecule has 3 N–H and O–H groups in total. The van der Waals surface area contributed by atoms with Gasteiger partial charge in [0.2, 0.25) is 0 Å². The molecular weight excluding hydrogens is 250 g/mol. The summed E-state index contributed by atoms with van der Waals surface area (Å²) in [5.41, 5.74) is 10.6. The maximum Gasteiger partial charge on any atom is 0.295 e. The first-order valence-corrected chi connectivity index (χ1v) is 6.67. The maximum absolute atomic E-state index is 5.72. The predicted molar refractivity (Wildman–Crippen MR) is 81.8 cm³/mol. The van der Waals surface area contributed by atoms with Crippen molar-refractivity contribution in [2.45, 2.75) is 13.3 Å². The normalized spacial score (nSPS) is 10.8. The Hall–Kier alpha value is -2.49. The van der Waals surface area contributed by atoms with E-state index in [0.717, 1.165) is 18.5 Å². The molecule has 0 saturated heterocycles. The van der Waals surface area contributed by atoms with Crippen LogP contribution >= 0.6 is 0 Å². The summed E-state index contributed by atoms with van der Waals surface area (Å²) in [6, 6.07) is 14.4. The van der Waals surface area contributed by atoms with Crippen LogP contribution in [0.15, 0.2) is 46.9 Å². The van der Waals surface area contributed by atoms with Crippen molar-refractivity contribution in [1.29, 1.82) is 0 Å². The van der Waals surface area contributed by atoms with Crippen molar-refractivity contribution >= 4 is 22.8 Å². The lowest BCUT2D eigenvalue weighted by Crippen LogP contribution is -2.05. The Labute approximate surface area is 117 Å². The van der Waals surface area contributed by atoms with E-state index in [1.165, 1.54) is 11.1 Å². The standard InChI is InChI=1S/C16H17N3O/c1-11-4-2-3-5-12(11)8-9-18-16-19-14-7-6-13(17)10-15(14)20-16/h2-7,10H,8-9,17H2,1H3,(H,18,19). The second-order valence-electron chi connectivity index (χ2n) is 4.85. The molecule has 0 fully saturated rings. The van der Waals surface area contributed by atoms with Gasteiger partial charge in [-0.2, -0.15) is 4.98 Å². The third kappa shape index (κ3) is 2.59. The third-order valence-electron chi connectivity index (χ3n) is 3.34. The van der Waals surface area contributed by atoms with Gasteiger partial charge >= 0.3 is 0 Å². The van der Waals surface area contributed by atoms with Gasteiger partial charge in [0.05, 0.1) is 0 Å². The van der Waals surface area contributed by atoms with Crippen molar-refractivity contribution in [3.05, 3.63) is 53.6 Å². The lowest BCUT2D eigenvalue weighted by atomic mass is 10.1. The Morgan fingerprint density at radius 1 is 1.20 bits per heavy atom. The van der Waals surface area contributed by atoms with Crippen LogP contribution in [0.5, 0.6) is 0 Å². The molecule has 0 radical (unpaired) electrons. The fraction of sp³-hybridized carbons (Fsp3) is 0.188. The maximum atomic E-state index is 5.72. The Balaban J connectivity index is 1.67. The van der Waals surface area contributed by atoms with Crippen molar-refractivity contribution in [2.24, 2.45) is 0 Å². The van der Waals surface area contributed by atoms with Crippen LogP contribution in [-0.4, -0.2) is 11.5 Å². The molecule has 0 spiro atoms. The summed E-state index contributed by atoms with van der Waals surface area (Å²) < 4.78 is 5.61. The Morgan fingerprint density at radius 2 is 2.05 bits per heavy atom. The molecule has 2 aromatic carbocycles. The number of nitrogens with two attached hydrogens (primary N) is 1. The predicted octanol–water partition coefficient (Wildman–Crippen LogP) is 3.37. The van der Waals surface area contributed by atoms with Gasteiger partial charge in [0.1, 0.15) is 5.52 Å². The SMILES string of the molecule is Cc1ccccc1CCNc1nc2ccc(N)cc2o1. The molecule has 0 aliphatic heterocycles. The number of anilines is 2. The highest BCUT2D eigenvalue weighted by Gasteiger charge is 2.05. The van der Waals surface area contributed by atoms with Crippen LogP contribution in [0.1, 0.15) is 11.1 Å². The minimum Gasteiger partial charge on any atom is -0.423 e. The number of nitrogens with zero attached hydrogens (tertiary/aromatic N) is 1. The van der Waals surface area contributed by atoms with Crippen molar-refractivity contribution in [3.63, 3.8) is 0 Å². The number of hydrogen-bond acceptors (Lipinski definition) is 4. The van der Waals surface area contributed by atoms with Crippen LogP contribution in [0.4, 0.5) is 11.7 Å². The average molecular weight is 267 g/mol. The highest BCUT2D eigenvalue weighted by atomic mass is 16.4. The smallest absolute Gasteiger partial charge is 0.295 e. The molecule has 3 aromatic rings. The molecule has 0 amide bonds. The van der Waals surface area contributed by atoms with Gasteiger partial charge in [0.15, 0.2) is 5.58 Å². The number of nitrogens with one attached hydrogen (secondary N) is 1. The Kier molecular flexibility index (Phi) is 3.29. The van der Waals surface area contributed by atoms with Crippen LogP contribution in [0, 0.1) is 6.92 Å². The molecule has 0 atom stereocenters. The molecule has 0 aliphatic rings. The largest absolute Gasteiger partial charge is 0.423 e. The van der Waals surface area contributed by atoms with E-state index in [2.05, 4.69) is 41.5 Å². The zero-order valence-electron chi connectivity index (χ0n) is 11.4. The molecule has 0 aliphatic carbocycles. The van der Waals surface area contributed by atoms with E-state index < -0.39 is 0 Å². The molecule has 1 heterocycles. The van der Waals surface area contributed by atoms with Gasteiger partial charge in [-0.1, -0.05) is 24.3 Å². The number of benzene rings is 2. The van der Waals surface area contributed by atoms with E-state index in [4.69, 9.17) is 10.2 Å². The fourth-order valence-electron chi connectivity index (χ4n) is 2.21. The first kappa shape index (κ1) is 12.5. The molecule has 3 rings (SSSR count). The van der Waals surface area contributed by atoms with Gasteiger partial charge in [-0.15, -0.1) is 0 Å². The second kappa shape index (κ2) is 5.25. The van der Waals surface area contributed by atoms with E-state index in [9.17, 15) is 0 Å². The highest BCUT2D eigenvalue weighted by Crippen LogP contribution is 2.21. The van der Waals surface area contributed by atoms with Crippen LogP contribution in [0.2, 0.25) is 0 Å². The van der Waals surface area contributed by atoms with Gasteiger partial charge in [-0.3, -0.25) is 0 Å². The van der Waals surface area contributed by atoms with Gasteiger partial charge in [-0.05, 0) is 36.6 Å². The Bertz CT molecular complexity index is 733. The summed E-state index contributed by atoms with van der Waals surface area (Å²) in [7, 11) is 0. The number of fused-ring (bicyclic) bond motifs is 1. The van der Waals surface area contributed by atoms with E-state index in [1.807, 2.05) is 12.1 Å². The van der Waals surface area contributed by atoms with E-state index in [1.54, 1.807) is 6.07 Å². The zero-order chi connectivity index (χ0) is 13.9. The van der Waals surface area contributed by atoms with Gasteiger partial charge in [0.25, 0.3) is 6.01 Å². The molecular formula is C16H17N3O. The summed E-state index contributed by atoms with van der Waals surface area (Å²) in [4.78, 5) is 4.37. The number of hydrogen-bond donors (Lipinski definition) is 2.